The highest BCUT2D eigenvalue weighted by atomic mass is 19.3. The van der Waals surface area contributed by atoms with Gasteiger partial charge in [-0.2, -0.15) is 9.33 Å². The lowest BCUT2D eigenvalue weighted by Crippen LogP contribution is -1.96. The maximum atomic E-state index is 11.4. The van der Waals surface area contributed by atoms with E-state index in [2.05, 4.69) is 16.3 Å². The number of rotatable bonds is 4. The summed E-state index contributed by atoms with van der Waals surface area (Å²) in [6, 6.07) is -0.929. The Morgan fingerprint density at radius 1 is 1.50 bits per heavy atom. The number of hydrogen-bond acceptors (Lipinski definition) is 2. The molecule has 0 rings (SSSR count). The zero-order chi connectivity index (χ0) is 6.41. The van der Waals surface area contributed by atoms with Crippen LogP contribution < -0.4 is 0 Å². The van der Waals surface area contributed by atoms with Gasteiger partial charge >= 0.3 is 0 Å². The van der Waals surface area contributed by atoms with Gasteiger partial charge in [0.05, 0.1) is 0 Å². The van der Waals surface area contributed by atoms with E-state index in [4.69, 9.17) is 0 Å². The average Bonchev–Trinajstić information content (AvgIpc) is 1.66. The summed E-state index contributed by atoms with van der Waals surface area (Å²) in [4.78, 5) is 3.06. The van der Waals surface area contributed by atoms with E-state index in [0.717, 1.165) is 0 Å². The van der Waals surface area contributed by atoms with E-state index in [-0.39, 0.29) is 13.2 Å². The summed E-state index contributed by atoms with van der Waals surface area (Å²) >= 11 is 0. The van der Waals surface area contributed by atoms with Crippen molar-refractivity contribution in [2.24, 2.45) is 0 Å². The first-order valence-electron chi connectivity index (χ1n) is 1.98. The molecule has 0 atom stereocenters. The smallest absolute Gasteiger partial charge is 0.265 e. The fourth-order valence-corrected chi connectivity index (χ4v) is 0.184. The molecular formula is C4H6F2O2. The molecule has 0 aromatic rings. The van der Waals surface area contributed by atoms with Gasteiger partial charge in [-0.25, -0.2) is 0 Å². The molecule has 0 saturated heterocycles. The molecule has 0 unspecified atom stereocenters. The minimum atomic E-state index is -0.929. The highest BCUT2D eigenvalue weighted by molar-refractivity contribution is 4.62. The summed E-state index contributed by atoms with van der Waals surface area (Å²) in [5, 5.41) is 0. The van der Waals surface area contributed by atoms with Crippen LogP contribution in [-0.2, 0) is 9.68 Å². The summed E-state index contributed by atoms with van der Waals surface area (Å²) in [5.74, 6) is 0. The van der Waals surface area contributed by atoms with Crippen molar-refractivity contribution >= 4 is 0 Å². The maximum Gasteiger partial charge on any atom is 0.265 e. The van der Waals surface area contributed by atoms with Crippen LogP contribution in [-0.4, -0.2) is 13.2 Å². The van der Waals surface area contributed by atoms with E-state index in [0.29, 0.717) is 0 Å². The summed E-state index contributed by atoms with van der Waals surface area (Å²) in [5.41, 5.74) is 0. The van der Waals surface area contributed by atoms with Crippen LogP contribution >= 0.6 is 0 Å². The molecule has 0 heterocycles. The van der Waals surface area contributed by atoms with Crippen LogP contribution in [0, 0.1) is 0 Å². The topological polar surface area (TPSA) is 18.5 Å². The zero-order valence-electron chi connectivity index (χ0n) is 4.19. The average molecular weight is 124 g/mol. The van der Waals surface area contributed by atoms with Crippen molar-refractivity contribution in [3.05, 3.63) is 12.6 Å². The molecule has 0 radical (unpaired) electrons. The van der Waals surface area contributed by atoms with Crippen LogP contribution in [0.1, 0.15) is 0 Å². The first-order valence-corrected chi connectivity index (χ1v) is 1.98. The lowest BCUT2D eigenvalue weighted by atomic mass is 10.8. The molecule has 0 amide bonds. The Labute approximate surface area is 45.6 Å². The van der Waals surface area contributed by atoms with Crippen molar-refractivity contribution in [1.82, 2.24) is 0 Å². The van der Waals surface area contributed by atoms with Gasteiger partial charge < -0.3 is 4.74 Å². The largest absolute Gasteiger partial charge is 0.469 e. The monoisotopic (exact) mass is 124 g/mol. The lowest BCUT2D eigenvalue weighted by Gasteiger charge is -1.96. The third-order valence-electron chi connectivity index (χ3n) is 0.419. The van der Waals surface area contributed by atoms with Gasteiger partial charge in [0.2, 0.25) is 0 Å². The standard InChI is InChI=1S/C4H6F2O2/c1-4(5)7-2-3-8-6/h1-3H2. The Bertz CT molecular complexity index is 74.4. The molecular weight excluding hydrogens is 118 g/mol. The van der Waals surface area contributed by atoms with Crippen molar-refractivity contribution in [3.63, 3.8) is 0 Å². The van der Waals surface area contributed by atoms with E-state index in [1.807, 2.05) is 0 Å². The predicted molar refractivity (Wildman–Crippen MR) is 23.3 cm³/mol. The van der Waals surface area contributed by atoms with Crippen LogP contribution in [0.25, 0.3) is 0 Å². The quantitative estimate of drug-likeness (QED) is 0.416. The van der Waals surface area contributed by atoms with Crippen LogP contribution in [0.5, 0.6) is 0 Å². The molecule has 0 aromatic carbocycles. The van der Waals surface area contributed by atoms with Crippen molar-refractivity contribution in [3.8, 4) is 0 Å². The van der Waals surface area contributed by atoms with Gasteiger partial charge in [0.1, 0.15) is 13.2 Å². The van der Waals surface area contributed by atoms with Gasteiger partial charge in [0.25, 0.3) is 6.01 Å². The van der Waals surface area contributed by atoms with Gasteiger partial charge in [0.15, 0.2) is 0 Å². The molecule has 48 valence electrons. The Balaban J connectivity index is 2.82. The van der Waals surface area contributed by atoms with Crippen LogP contribution in [0.15, 0.2) is 12.6 Å². The van der Waals surface area contributed by atoms with Crippen molar-refractivity contribution in [2.45, 2.75) is 0 Å². The third kappa shape index (κ3) is 5.36. The molecule has 0 aromatic heterocycles. The minimum Gasteiger partial charge on any atom is -0.469 e. The molecule has 0 saturated carbocycles. The molecule has 0 bridgehead atoms. The second-order valence-electron chi connectivity index (χ2n) is 1.02. The Morgan fingerprint density at radius 2 is 2.12 bits per heavy atom. The summed E-state index contributed by atoms with van der Waals surface area (Å²) in [6.45, 7) is 2.34. The summed E-state index contributed by atoms with van der Waals surface area (Å²) in [7, 11) is 0. The predicted octanol–water partition coefficient (Wildman–Crippen LogP) is 1.34. The number of hydrogen-bond donors (Lipinski definition) is 0. The van der Waals surface area contributed by atoms with E-state index in [1.54, 1.807) is 0 Å². The Hall–Kier alpha value is -0.640. The highest BCUT2D eigenvalue weighted by Gasteiger charge is 1.88. The van der Waals surface area contributed by atoms with Crippen molar-refractivity contribution in [1.29, 1.82) is 0 Å². The second kappa shape index (κ2) is 4.52. The fourth-order valence-electron chi connectivity index (χ4n) is 0.184. The first-order chi connectivity index (χ1) is 3.77. The van der Waals surface area contributed by atoms with Crippen LogP contribution in [0.4, 0.5) is 8.92 Å². The minimum absolute atomic E-state index is 0.147. The summed E-state index contributed by atoms with van der Waals surface area (Å²) in [6.07, 6.45) is 0. The van der Waals surface area contributed by atoms with E-state index in [9.17, 15) is 8.92 Å². The van der Waals surface area contributed by atoms with Crippen molar-refractivity contribution in [2.75, 3.05) is 13.2 Å². The van der Waals surface area contributed by atoms with Gasteiger partial charge in [-0.15, -0.1) is 0 Å². The first kappa shape index (κ1) is 7.36. The molecule has 0 fully saturated rings. The number of ether oxygens (including phenoxy) is 1. The normalized spacial score (nSPS) is 8.75. The SMILES string of the molecule is C=C(F)OCCOF. The molecule has 8 heavy (non-hydrogen) atoms. The maximum absolute atomic E-state index is 11.4. The van der Waals surface area contributed by atoms with E-state index >= 15 is 0 Å². The van der Waals surface area contributed by atoms with Gasteiger partial charge in [0, 0.05) is 0 Å². The molecule has 0 aliphatic carbocycles. The van der Waals surface area contributed by atoms with E-state index < -0.39 is 6.01 Å². The van der Waals surface area contributed by atoms with Crippen molar-refractivity contribution < 1.29 is 18.6 Å². The van der Waals surface area contributed by atoms with Crippen LogP contribution in [0.3, 0.4) is 0 Å². The highest BCUT2D eigenvalue weighted by Crippen LogP contribution is 1.91. The second-order valence-corrected chi connectivity index (χ2v) is 1.02. The van der Waals surface area contributed by atoms with Crippen LogP contribution in [0.2, 0.25) is 0 Å². The molecule has 0 N–H and O–H groups in total. The molecule has 0 aliphatic heterocycles. The Kier molecular flexibility index (Phi) is 4.16. The zero-order valence-corrected chi connectivity index (χ0v) is 4.19. The van der Waals surface area contributed by atoms with Gasteiger partial charge in [-0.1, -0.05) is 0 Å². The molecule has 2 nitrogen and oxygen atoms in total. The Morgan fingerprint density at radius 3 is 2.50 bits per heavy atom. The third-order valence-corrected chi connectivity index (χ3v) is 0.419. The molecule has 0 aliphatic rings. The number of halogens is 2. The lowest BCUT2D eigenvalue weighted by molar-refractivity contribution is -0.144. The van der Waals surface area contributed by atoms with Gasteiger partial charge in [-0.3, -0.25) is 0 Å². The molecule has 4 heteroatoms. The fraction of sp³-hybridized carbons (Fsp3) is 0.500. The summed E-state index contributed by atoms with van der Waals surface area (Å²) < 4.78 is 26.2. The molecule has 0 spiro atoms. The van der Waals surface area contributed by atoms with Gasteiger partial charge in [-0.05, 0) is 11.1 Å². The van der Waals surface area contributed by atoms with E-state index in [1.165, 1.54) is 0 Å².